The number of anilines is 1. The molecule has 0 unspecified atom stereocenters. The van der Waals surface area contributed by atoms with Crippen LogP contribution in [0.1, 0.15) is 11.1 Å². The van der Waals surface area contributed by atoms with Crippen LogP contribution in [0.15, 0.2) is 103 Å². The fourth-order valence-corrected chi connectivity index (χ4v) is 3.70. The number of hydrogen-bond acceptors (Lipinski definition) is 2. The summed E-state index contributed by atoms with van der Waals surface area (Å²) >= 11 is 0. The summed E-state index contributed by atoms with van der Waals surface area (Å²) in [7, 11) is 0. The van der Waals surface area contributed by atoms with E-state index in [1.165, 1.54) is 0 Å². The van der Waals surface area contributed by atoms with Crippen molar-refractivity contribution < 1.29 is 4.79 Å². The van der Waals surface area contributed by atoms with Crippen molar-refractivity contribution in [2.24, 2.45) is 0 Å². The number of carbonyl (C=O) groups is 1. The topological polar surface area (TPSA) is 29.1 Å². The molecule has 0 aromatic heterocycles. The molecular formula is C23H19NO. The third-order valence-electron chi connectivity index (χ3n) is 4.85. The average Bonchev–Trinajstić information content (AvgIpc) is 3.01. The number of benzene rings is 3. The Balaban J connectivity index is 1.88. The van der Waals surface area contributed by atoms with E-state index in [9.17, 15) is 4.79 Å². The van der Waals surface area contributed by atoms with Crippen LogP contribution in [0.2, 0.25) is 0 Å². The highest BCUT2D eigenvalue weighted by molar-refractivity contribution is 6.06. The molecule has 0 fully saturated rings. The fourth-order valence-electron chi connectivity index (χ4n) is 3.70. The van der Waals surface area contributed by atoms with Gasteiger partial charge in [0.05, 0.1) is 6.04 Å². The van der Waals surface area contributed by atoms with Crippen LogP contribution in [0.3, 0.4) is 0 Å². The molecule has 25 heavy (non-hydrogen) atoms. The van der Waals surface area contributed by atoms with Crippen LogP contribution in [0.4, 0.5) is 5.69 Å². The molecule has 1 atom stereocenters. The molecule has 2 nitrogen and oxygen atoms in total. The second-order valence-electron chi connectivity index (χ2n) is 6.25. The Kier molecular flexibility index (Phi) is 3.95. The second-order valence-corrected chi connectivity index (χ2v) is 6.25. The van der Waals surface area contributed by atoms with Gasteiger partial charge in [0.1, 0.15) is 5.41 Å². The molecule has 0 radical (unpaired) electrons. The molecule has 2 heteroatoms. The molecule has 1 N–H and O–H groups in total. The van der Waals surface area contributed by atoms with E-state index in [0.717, 1.165) is 16.8 Å². The van der Waals surface area contributed by atoms with Gasteiger partial charge in [-0.25, -0.2) is 0 Å². The summed E-state index contributed by atoms with van der Waals surface area (Å²) in [5, 5.41) is 3.55. The Morgan fingerprint density at radius 3 is 1.68 bits per heavy atom. The van der Waals surface area contributed by atoms with Crippen molar-refractivity contribution in [3.05, 3.63) is 114 Å². The first-order valence-electron chi connectivity index (χ1n) is 8.47. The standard InChI is InChI=1S/C23H19NO/c25-22-17-16-21(24-20-14-8-3-9-15-20)23(22,18-10-4-1-5-11-18)19-12-6-2-7-13-19/h1-17,21,24H/t21-/m1/s1. The van der Waals surface area contributed by atoms with Crippen molar-refractivity contribution in [3.8, 4) is 0 Å². The Bertz CT molecular complexity index is 846. The van der Waals surface area contributed by atoms with Gasteiger partial charge in [0.25, 0.3) is 0 Å². The zero-order valence-electron chi connectivity index (χ0n) is 13.8. The second kappa shape index (κ2) is 6.40. The Labute approximate surface area is 147 Å². The van der Waals surface area contributed by atoms with Crippen LogP contribution in [0.25, 0.3) is 0 Å². The van der Waals surface area contributed by atoms with Crippen molar-refractivity contribution in [1.82, 2.24) is 0 Å². The molecule has 0 heterocycles. The Morgan fingerprint density at radius 2 is 1.16 bits per heavy atom. The molecule has 3 aromatic rings. The average molecular weight is 325 g/mol. The van der Waals surface area contributed by atoms with Gasteiger partial charge in [-0.15, -0.1) is 0 Å². The Hall–Kier alpha value is -3.13. The molecule has 0 saturated carbocycles. The summed E-state index contributed by atoms with van der Waals surface area (Å²) in [5.74, 6) is 0.110. The van der Waals surface area contributed by atoms with Gasteiger partial charge in [-0.3, -0.25) is 4.79 Å². The molecule has 3 aromatic carbocycles. The van der Waals surface area contributed by atoms with Crippen molar-refractivity contribution >= 4 is 11.5 Å². The molecular weight excluding hydrogens is 306 g/mol. The monoisotopic (exact) mass is 325 g/mol. The lowest BCUT2D eigenvalue weighted by atomic mass is 9.69. The number of allylic oxidation sites excluding steroid dienone is 1. The minimum Gasteiger partial charge on any atom is -0.377 e. The summed E-state index contributed by atoms with van der Waals surface area (Å²) in [6.45, 7) is 0. The van der Waals surface area contributed by atoms with E-state index in [1.54, 1.807) is 6.08 Å². The van der Waals surface area contributed by atoms with Crippen molar-refractivity contribution in [1.29, 1.82) is 0 Å². The summed E-state index contributed by atoms with van der Waals surface area (Å²) < 4.78 is 0. The number of rotatable bonds is 4. The zero-order chi connectivity index (χ0) is 17.1. The van der Waals surface area contributed by atoms with Gasteiger partial charge in [-0.1, -0.05) is 84.9 Å². The Morgan fingerprint density at radius 1 is 0.680 bits per heavy atom. The highest BCUT2D eigenvalue weighted by Crippen LogP contribution is 2.42. The highest BCUT2D eigenvalue weighted by Gasteiger charge is 2.49. The lowest BCUT2D eigenvalue weighted by Gasteiger charge is -2.36. The molecule has 4 rings (SSSR count). The predicted molar refractivity (Wildman–Crippen MR) is 102 cm³/mol. The predicted octanol–water partition coefficient (Wildman–Crippen LogP) is 4.59. The number of carbonyl (C=O) groups excluding carboxylic acids is 1. The van der Waals surface area contributed by atoms with E-state index in [-0.39, 0.29) is 11.8 Å². The summed E-state index contributed by atoms with van der Waals surface area (Å²) in [5.41, 5.74) is 2.26. The minimum absolute atomic E-state index is 0.110. The number of nitrogens with one attached hydrogen (secondary N) is 1. The molecule has 122 valence electrons. The normalized spacial score (nSPS) is 18.2. The third-order valence-corrected chi connectivity index (χ3v) is 4.85. The SMILES string of the molecule is O=C1C=C[C@@H](Nc2ccccc2)C1(c1ccccc1)c1ccccc1. The molecule has 0 saturated heterocycles. The lowest BCUT2D eigenvalue weighted by molar-refractivity contribution is -0.117. The van der Waals surface area contributed by atoms with Crippen LogP contribution in [-0.4, -0.2) is 11.8 Å². The van der Waals surface area contributed by atoms with Crippen LogP contribution in [0.5, 0.6) is 0 Å². The first kappa shape index (κ1) is 15.4. The highest BCUT2D eigenvalue weighted by atomic mass is 16.1. The van der Waals surface area contributed by atoms with Gasteiger partial charge < -0.3 is 5.32 Å². The smallest absolute Gasteiger partial charge is 0.172 e. The van der Waals surface area contributed by atoms with E-state index in [2.05, 4.69) is 5.32 Å². The van der Waals surface area contributed by atoms with Crippen LogP contribution >= 0.6 is 0 Å². The third kappa shape index (κ3) is 2.56. The van der Waals surface area contributed by atoms with Crippen molar-refractivity contribution in [2.75, 3.05) is 5.32 Å². The van der Waals surface area contributed by atoms with E-state index in [0.29, 0.717) is 0 Å². The largest absolute Gasteiger partial charge is 0.377 e. The zero-order valence-corrected chi connectivity index (χ0v) is 13.8. The van der Waals surface area contributed by atoms with E-state index < -0.39 is 5.41 Å². The number of hydrogen-bond donors (Lipinski definition) is 1. The number of ketones is 1. The van der Waals surface area contributed by atoms with Crippen molar-refractivity contribution in [2.45, 2.75) is 11.5 Å². The van der Waals surface area contributed by atoms with Crippen LogP contribution in [0, 0.1) is 0 Å². The van der Waals surface area contributed by atoms with Crippen LogP contribution in [-0.2, 0) is 10.2 Å². The van der Waals surface area contributed by atoms with E-state index >= 15 is 0 Å². The maximum absolute atomic E-state index is 13.2. The van der Waals surface area contributed by atoms with Crippen LogP contribution < -0.4 is 5.32 Å². The first-order chi connectivity index (χ1) is 12.3. The van der Waals surface area contributed by atoms with E-state index in [1.807, 2.05) is 97.1 Å². The molecule has 0 aliphatic heterocycles. The fraction of sp³-hybridized carbons (Fsp3) is 0.0870. The van der Waals surface area contributed by atoms with Gasteiger partial charge >= 0.3 is 0 Å². The van der Waals surface area contributed by atoms with Gasteiger partial charge in [0.2, 0.25) is 0 Å². The maximum Gasteiger partial charge on any atom is 0.172 e. The minimum atomic E-state index is -0.752. The van der Waals surface area contributed by atoms with Gasteiger partial charge in [0, 0.05) is 5.69 Å². The summed E-state index contributed by atoms with van der Waals surface area (Å²) in [6.07, 6.45) is 3.69. The molecule has 1 aliphatic carbocycles. The number of para-hydroxylation sites is 1. The molecule has 0 bridgehead atoms. The van der Waals surface area contributed by atoms with E-state index in [4.69, 9.17) is 0 Å². The van der Waals surface area contributed by atoms with Gasteiger partial charge in [-0.05, 0) is 29.3 Å². The molecule has 0 amide bonds. The maximum atomic E-state index is 13.2. The lowest BCUT2D eigenvalue weighted by Crippen LogP contribution is -2.46. The molecule has 0 spiro atoms. The van der Waals surface area contributed by atoms with Gasteiger partial charge in [-0.2, -0.15) is 0 Å². The molecule has 1 aliphatic rings. The van der Waals surface area contributed by atoms with Crippen molar-refractivity contribution in [3.63, 3.8) is 0 Å². The summed E-state index contributed by atoms with van der Waals surface area (Å²) in [4.78, 5) is 13.2. The quantitative estimate of drug-likeness (QED) is 0.760. The first-order valence-corrected chi connectivity index (χ1v) is 8.47. The summed E-state index contributed by atoms with van der Waals surface area (Å²) in [6, 6.07) is 30.0. The van der Waals surface area contributed by atoms with Gasteiger partial charge in [0.15, 0.2) is 5.78 Å².